The fourth-order valence-electron chi connectivity index (χ4n) is 3.56. The van der Waals surface area contributed by atoms with Gasteiger partial charge in [0.25, 0.3) is 11.8 Å². The lowest BCUT2D eigenvalue weighted by atomic mass is 9.97. The van der Waals surface area contributed by atoms with E-state index in [9.17, 15) is 14.4 Å². The Bertz CT molecular complexity index is 1180. The van der Waals surface area contributed by atoms with Gasteiger partial charge in [-0.1, -0.05) is 36.4 Å². The molecule has 0 unspecified atom stereocenters. The van der Waals surface area contributed by atoms with Gasteiger partial charge >= 0.3 is 0 Å². The van der Waals surface area contributed by atoms with Crippen molar-refractivity contribution in [2.24, 2.45) is 5.73 Å². The molecule has 0 aliphatic heterocycles. The van der Waals surface area contributed by atoms with Crippen molar-refractivity contribution in [2.75, 3.05) is 0 Å². The van der Waals surface area contributed by atoms with Crippen molar-refractivity contribution in [3.63, 3.8) is 0 Å². The van der Waals surface area contributed by atoms with Crippen molar-refractivity contribution in [1.29, 1.82) is 0 Å². The molecule has 0 saturated heterocycles. The molecule has 3 aromatic rings. The number of aryl methyl sites for hydroxylation is 1. The van der Waals surface area contributed by atoms with Gasteiger partial charge in [0.15, 0.2) is 0 Å². The first-order valence-electron chi connectivity index (χ1n) is 10.6. The molecule has 0 atom stereocenters. The zero-order valence-corrected chi connectivity index (χ0v) is 17.9. The van der Waals surface area contributed by atoms with Crippen LogP contribution in [0.3, 0.4) is 0 Å². The minimum absolute atomic E-state index is 0.0546. The largest absolute Gasteiger partial charge is 0.366 e. The minimum Gasteiger partial charge on any atom is -0.366 e. The molecule has 6 nitrogen and oxygen atoms in total. The Morgan fingerprint density at radius 3 is 2.28 bits per heavy atom. The van der Waals surface area contributed by atoms with Crippen LogP contribution in [0.5, 0.6) is 0 Å². The second-order valence-electron chi connectivity index (χ2n) is 8.06. The molecule has 1 aliphatic carbocycles. The van der Waals surface area contributed by atoms with Crippen molar-refractivity contribution in [2.45, 2.75) is 32.4 Å². The maximum Gasteiger partial charge on any atom is 0.251 e. The summed E-state index contributed by atoms with van der Waals surface area (Å²) < 4.78 is 0. The molecular weight excluding hydrogens is 402 g/mol. The van der Waals surface area contributed by atoms with Gasteiger partial charge in [-0.25, -0.2) is 0 Å². The molecule has 4 rings (SSSR count). The van der Waals surface area contributed by atoms with Gasteiger partial charge in [0, 0.05) is 29.3 Å². The number of carbonyl (C=O) groups is 3. The molecule has 1 fully saturated rings. The van der Waals surface area contributed by atoms with Crippen molar-refractivity contribution in [3.8, 4) is 11.1 Å². The van der Waals surface area contributed by atoms with E-state index in [1.165, 1.54) is 0 Å². The first-order chi connectivity index (χ1) is 15.4. The highest BCUT2D eigenvalue weighted by atomic mass is 16.2. The van der Waals surface area contributed by atoms with E-state index >= 15 is 0 Å². The molecule has 0 radical (unpaired) electrons. The summed E-state index contributed by atoms with van der Waals surface area (Å²) in [6.07, 6.45) is 2.09. The molecule has 162 valence electrons. The second-order valence-corrected chi connectivity index (χ2v) is 8.06. The zero-order chi connectivity index (χ0) is 22.7. The Balaban J connectivity index is 1.46. The van der Waals surface area contributed by atoms with Crippen molar-refractivity contribution < 1.29 is 14.4 Å². The second kappa shape index (κ2) is 9.06. The van der Waals surface area contributed by atoms with E-state index < -0.39 is 5.91 Å². The number of carbonyl (C=O) groups excluding carboxylic acids is 3. The van der Waals surface area contributed by atoms with E-state index in [-0.39, 0.29) is 18.4 Å². The fourth-order valence-corrected chi connectivity index (χ4v) is 3.56. The Morgan fingerprint density at radius 2 is 1.59 bits per heavy atom. The molecule has 32 heavy (non-hydrogen) atoms. The zero-order valence-electron chi connectivity index (χ0n) is 17.9. The van der Waals surface area contributed by atoms with E-state index in [4.69, 9.17) is 5.73 Å². The van der Waals surface area contributed by atoms with Gasteiger partial charge in [-0.3, -0.25) is 14.4 Å². The third kappa shape index (κ3) is 4.86. The Morgan fingerprint density at radius 1 is 0.906 bits per heavy atom. The molecular formula is C26H25N3O3. The smallest absolute Gasteiger partial charge is 0.251 e. The predicted octanol–water partition coefficient (Wildman–Crippen LogP) is 3.58. The normalized spacial score (nSPS) is 12.8. The lowest BCUT2D eigenvalue weighted by molar-refractivity contribution is 0.0942. The molecule has 0 bridgehead atoms. The molecule has 3 amide bonds. The monoisotopic (exact) mass is 427 g/mol. The number of hydrogen-bond donors (Lipinski definition) is 3. The summed E-state index contributed by atoms with van der Waals surface area (Å²) >= 11 is 0. The third-order valence-corrected chi connectivity index (χ3v) is 5.59. The van der Waals surface area contributed by atoms with Crippen LogP contribution >= 0.6 is 0 Å². The van der Waals surface area contributed by atoms with Crippen LogP contribution in [0.25, 0.3) is 11.1 Å². The minimum atomic E-state index is -0.525. The summed E-state index contributed by atoms with van der Waals surface area (Å²) in [5.41, 5.74) is 10.5. The maximum absolute atomic E-state index is 12.6. The van der Waals surface area contributed by atoms with E-state index in [0.29, 0.717) is 28.3 Å². The Labute approximate surface area is 186 Å². The number of amides is 3. The summed E-state index contributed by atoms with van der Waals surface area (Å²) in [7, 11) is 0. The standard InChI is InChI=1S/C26H25N3O3/c1-16-6-7-19(26(32)29-21-12-13-21)14-23(16)17-8-10-18(11-9-17)25(31)28-15-20-4-2-3-5-22(20)24(27)30/h2-11,14,21H,12-13,15H2,1H3,(H2,27,30)(H,28,31)(H,29,32). The Hall–Kier alpha value is -3.93. The molecule has 4 N–H and O–H groups in total. The van der Waals surface area contributed by atoms with Crippen molar-refractivity contribution >= 4 is 17.7 Å². The number of hydrogen-bond acceptors (Lipinski definition) is 3. The number of nitrogens with two attached hydrogens (primary N) is 1. The maximum atomic E-state index is 12.6. The molecule has 1 aliphatic rings. The number of nitrogens with one attached hydrogen (secondary N) is 2. The van der Waals surface area contributed by atoms with Crippen LogP contribution in [0.1, 0.15) is 55.0 Å². The highest BCUT2D eigenvalue weighted by Gasteiger charge is 2.24. The summed E-state index contributed by atoms with van der Waals surface area (Å²) in [4.78, 5) is 36.5. The first kappa shape index (κ1) is 21.3. The van der Waals surface area contributed by atoms with Gasteiger partial charge in [-0.15, -0.1) is 0 Å². The predicted molar refractivity (Wildman–Crippen MR) is 123 cm³/mol. The topological polar surface area (TPSA) is 101 Å². The molecule has 0 aromatic heterocycles. The summed E-state index contributed by atoms with van der Waals surface area (Å²) in [6.45, 7) is 2.20. The molecule has 0 heterocycles. The lowest BCUT2D eigenvalue weighted by Crippen LogP contribution is -2.25. The van der Waals surface area contributed by atoms with E-state index in [0.717, 1.165) is 29.5 Å². The number of benzene rings is 3. The van der Waals surface area contributed by atoms with Crippen LogP contribution in [0, 0.1) is 6.92 Å². The van der Waals surface area contributed by atoms with E-state index in [1.807, 2.05) is 37.3 Å². The number of rotatable bonds is 7. The van der Waals surface area contributed by atoms with Crippen LogP contribution < -0.4 is 16.4 Å². The van der Waals surface area contributed by atoms with E-state index in [2.05, 4.69) is 10.6 Å². The first-order valence-corrected chi connectivity index (χ1v) is 10.6. The summed E-state index contributed by atoms with van der Waals surface area (Å²) in [5, 5.41) is 5.84. The average molecular weight is 428 g/mol. The van der Waals surface area contributed by atoms with Gasteiger partial charge in [0.2, 0.25) is 5.91 Å². The van der Waals surface area contributed by atoms with Crippen molar-refractivity contribution in [1.82, 2.24) is 10.6 Å². The molecule has 1 saturated carbocycles. The average Bonchev–Trinajstić information content (AvgIpc) is 3.62. The highest BCUT2D eigenvalue weighted by Crippen LogP contribution is 2.26. The molecule has 0 spiro atoms. The van der Waals surface area contributed by atoms with Gasteiger partial charge < -0.3 is 16.4 Å². The van der Waals surface area contributed by atoms with E-state index in [1.54, 1.807) is 36.4 Å². The summed E-state index contributed by atoms with van der Waals surface area (Å²) in [6, 6.07) is 20.1. The molecule has 6 heteroatoms. The van der Waals surface area contributed by atoms with Crippen LogP contribution in [0.2, 0.25) is 0 Å². The van der Waals surface area contributed by atoms with Crippen LogP contribution in [0.4, 0.5) is 0 Å². The van der Waals surface area contributed by atoms with Gasteiger partial charge in [0.1, 0.15) is 0 Å². The fraction of sp³-hybridized carbons (Fsp3) is 0.192. The van der Waals surface area contributed by atoms with Crippen LogP contribution in [-0.2, 0) is 6.54 Å². The van der Waals surface area contributed by atoms with Gasteiger partial charge in [0.05, 0.1) is 0 Å². The van der Waals surface area contributed by atoms with Gasteiger partial charge in [-0.2, -0.15) is 0 Å². The lowest BCUT2D eigenvalue weighted by Gasteiger charge is -2.11. The third-order valence-electron chi connectivity index (χ3n) is 5.59. The quantitative estimate of drug-likeness (QED) is 0.537. The number of primary amides is 1. The van der Waals surface area contributed by atoms with Crippen LogP contribution in [-0.4, -0.2) is 23.8 Å². The van der Waals surface area contributed by atoms with Crippen LogP contribution in [0.15, 0.2) is 66.7 Å². The molecule has 3 aromatic carbocycles. The Kier molecular flexibility index (Phi) is 6.03. The van der Waals surface area contributed by atoms with Gasteiger partial charge in [-0.05, 0) is 72.4 Å². The summed E-state index contributed by atoms with van der Waals surface area (Å²) in [5.74, 6) is -0.825. The SMILES string of the molecule is Cc1ccc(C(=O)NC2CC2)cc1-c1ccc(C(=O)NCc2ccccc2C(N)=O)cc1. The van der Waals surface area contributed by atoms with Crippen molar-refractivity contribution in [3.05, 3.63) is 94.5 Å². The highest BCUT2D eigenvalue weighted by molar-refractivity contribution is 5.97.